The smallest absolute Gasteiger partial charge is 0.343 e. The minimum atomic E-state index is -3.96. The Morgan fingerprint density at radius 3 is 1.65 bits per heavy atom. The normalized spacial score (nSPS) is 20.2. The van der Waals surface area contributed by atoms with Crippen molar-refractivity contribution in [3.05, 3.63) is 16.1 Å². The topological polar surface area (TPSA) is 405 Å². The number of hydrogen-bond donors (Lipinski definition) is 20. The van der Waals surface area contributed by atoms with Crippen LogP contribution in [0.1, 0.15) is 28.4 Å². The third-order valence-electron chi connectivity index (χ3n) is 7.18. The van der Waals surface area contributed by atoms with Gasteiger partial charge in [0.05, 0.1) is 16.7 Å². The van der Waals surface area contributed by atoms with Gasteiger partial charge in [0.2, 0.25) is 17.2 Å². The summed E-state index contributed by atoms with van der Waals surface area (Å²) >= 11 is 5.61. The van der Waals surface area contributed by atoms with Crippen molar-refractivity contribution in [3.63, 3.8) is 0 Å². The number of phenolic OH excluding ortho intramolecular Hbond substituents is 10. The molecule has 0 bridgehead atoms. The van der Waals surface area contributed by atoms with Crippen LogP contribution in [-0.4, -0.2) is 115 Å². The first-order valence-corrected chi connectivity index (χ1v) is 12.4. The van der Waals surface area contributed by atoms with Gasteiger partial charge in [-0.15, -0.1) is 0 Å². The van der Waals surface area contributed by atoms with Crippen LogP contribution in [0, 0.1) is 0 Å². The van der Waals surface area contributed by atoms with Crippen LogP contribution in [0.4, 0.5) is 5.69 Å². The van der Waals surface area contributed by atoms with Gasteiger partial charge in [0.15, 0.2) is 51.7 Å². The monoisotopic (exact) mass is 678 g/mol. The molecule has 3 aromatic rings. The minimum Gasteiger partial charge on any atom is -0.506 e. The van der Waals surface area contributed by atoms with Crippen LogP contribution >= 0.6 is 11.6 Å². The van der Waals surface area contributed by atoms with Crippen LogP contribution < -0.4 is 10.6 Å². The van der Waals surface area contributed by atoms with E-state index in [9.17, 15) is 96.7 Å². The van der Waals surface area contributed by atoms with Gasteiger partial charge < -0.3 is 97.2 Å². The van der Waals surface area contributed by atoms with Crippen molar-refractivity contribution in [1.29, 1.82) is 0 Å². The van der Waals surface area contributed by atoms with Gasteiger partial charge in [0.25, 0.3) is 5.91 Å². The number of nitrogens with one attached hydrogen (secondary N) is 2. The number of benzene rings is 3. The quantitative estimate of drug-likeness (QED) is 0.0753. The van der Waals surface area contributed by atoms with E-state index in [1.807, 2.05) is 0 Å². The van der Waals surface area contributed by atoms with Crippen LogP contribution in [0.15, 0.2) is 0 Å². The lowest BCUT2D eigenvalue weighted by molar-refractivity contribution is -0.360. The lowest BCUT2D eigenvalue weighted by Crippen LogP contribution is -2.83. The Morgan fingerprint density at radius 2 is 1.15 bits per heavy atom. The summed E-state index contributed by atoms with van der Waals surface area (Å²) in [5.74, 6) is -24.5. The van der Waals surface area contributed by atoms with Gasteiger partial charge in [-0.2, -0.15) is 0 Å². The van der Waals surface area contributed by atoms with Crippen LogP contribution in [0.25, 0.3) is 11.1 Å². The zero-order valence-corrected chi connectivity index (χ0v) is 22.9. The molecule has 3 aromatic carbocycles. The number of rotatable bonds is 7. The SMILES string of the molecule is O=C(O)c1c(O)c(O)c(O)c(-c2c(O)c(O)c(O)c(NC(O)(O)C3(O)CC(O)(C(O)c4c(O)c(O)c(O)c(Cl)c4O)N3)c2O)c1O. The van der Waals surface area contributed by atoms with E-state index in [-0.39, 0.29) is 0 Å². The highest BCUT2D eigenvalue weighted by Crippen LogP contribution is 2.61. The number of carboxylic acids is 1. The van der Waals surface area contributed by atoms with E-state index >= 15 is 0 Å². The molecule has 21 nitrogen and oxygen atoms in total. The molecule has 0 saturated carbocycles. The Balaban J connectivity index is 1.78. The summed E-state index contributed by atoms with van der Waals surface area (Å²) in [4.78, 5) is 11.5. The number of anilines is 1. The molecule has 0 aliphatic carbocycles. The van der Waals surface area contributed by atoms with Crippen molar-refractivity contribution < 1.29 is 96.7 Å². The largest absolute Gasteiger partial charge is 0.506 e. The zero-order valence-electron chi connectivity index (χ0n) is 22.1. The number of halogens is 1. The molecule has 1 heterocycles. The summed E-state index contributed by atoms with van der Waals surface area (Å²) in [7, 11) is 0. The number of carbonyl (C=O) groups is 1. The summed E-state index contributed by atoms with van der Waals surface area (Å²) in [6.45, 7) is 0. The molecule has 1 aliphatic heterocycles. The van der Waals surface area contributed by atoms with E-state index in [1.54, 1.807) is 5.32 Å². The second-order valence-corrected chi connectivity index (χ2v) is 10.4. The van der Waals surface area contributed by atoms with E-state index < -0.39 is 138 Å². The minimum absolute atomic E-state index is 1.01. The van der Waals surface area contributed by atoms with Crippen molar-refractivity contribution >= 4 is 23.3 Å². The van der Waals surface area contributed by atoms with Crippen molar-refractivity contribution in [2.45, 2.75) is 29.9 Å². The van der Waals surface area contributed by atoms with Gasteiger partial charge in [0.1, 0.15) is 33.9 Å². The second-order valence-electron chi connectivity index (χ2n) is 10.0. The Bertz CT molecular complexity index is 1790. The molecule has 0 spiro atoms. The summed E-state index contributed by atoms with van der Waals surface area (Å²) in [6.07, 6.45) is -4.01. The molecule has 20 N–H and O–H groups in total. The van der Waals surface area contributed by atoms with Gasteiger partial charge in [0, 0.05) is 6.42 Å². The van der Waals surface area contributed by atoms with E-state index in [4.69, 9.17) is 11.6 Å². The molecule has 0 aromatic heterocycles. The average Bonchev–Trinajstić information content (AvgIpc) is 2.95. The fourth-order valence-electron chi connectivity index (χ4n) is 4.76. The van der Waals surface area contributed by atoms with E-state index in [2.05, 4.69) is 0 Å². The summed E-state index contributed by atoms with van der Waals surface area (Å²) in [5.41, 5.74) is -13.2. The number of carboxylic acid groups (broad SMARTS) is 1. The number of aliphatic hydroxyl groups excluding tert-OH is 1. The molecular weight excluding hydrogens is 656 g/mol. The third kappa shape index (κ3) is 4.46. The van der Waals surface area contributed by atoms with Crippen molar-refractivity contribution in [2.75, 3.05) is 5.32 Å². The molecule has 1 saturated heterocycles. The Morgan fingerprint density at radius 1 is 0.696 bits per heavy atom. The fourth-order valence-corrected chi connectivity index (χ4v) is 4.95. The van der Waals surface area contributed by atoms with Crippen LogP contribution in [0.3, 0.4) is 0 Å². The second kappa shape index (κ2) is 10.3. The maximum atomic E-state index is 11.5. The molecule has 3 atom stereocenters. The first kappa shape index (κ1) is 33.5. The maximum absolute atomic E-state index is 11.5. The maximum Gasteiger partial charge on any atom is 0.343 e. The Kier molecular flexibility index (Phi) is 7.50. The molecule has 3 unspecified atom stereocenters. The average molecular weight is 679 g/mol. The predicted molar refractivity (Wildman–Crippen MR) is 144 cm³/mol. The predicted octanol–water partition coefficient (Wildman–Crippen LogP) is -1.67. The van der Waals surface area contributed by atoms with Crippen LogP contribution in [-0.2, 0) is 0 Å². The number of aliphatic hydroxyl groups is 5. The number of hydrogen-bond acceptors (Lipinski definition) is 20. The molecule has 1 fully saturated rings. The molecule has 22 heteroatoms. The van der Waals surface area contributed by atoms with E-state index in [1.165, 1.54) is 5.32 Å². The number of phenols is 12. The summed E-state index contributed by atoms with van der Waals surface area (Å²) in [5, 5.41) is 187. The lowest BCUT2D eigenvalue weighted by atomic mass is 9.79. The van der Waals surface area contributed by atoms with Crippen LogP contribution in [0.5, 0.6) is 69.0 Å². The molecule has 250 valence electrons. The zero-order chi connectivity index (χ0) is 35.2. The van der Waals surface area contributed by atoms with Crippen molar-refractivity contribution in [3.8, 4) is 80.1 Å². The summed E-state index contributed by atoms with van der Waals surface area (Å²) in [6, 6.07) is 0. The standard InChI is InChI=1S/C24H23ClN2O19/c25-6-9(29)4(13(33)18(38)15(6)35)20(40)22(43)1-23(44,27-22)24(45,46)26-7-10(30)3(12(32)19(39)16(7)36)2-8(28)5(21(41)42)14(34)17(37)11(2)31/h20,26-40,43-46H,1H2,(H,41,42). The van der Waals surface area contributed by atoms with Gasteiger partial charge in [-0.1, -0.05) is 11.6 Å². The van der Waals surface area contributed by atoms with Crippen molar-refractivity contribution in [2.24, 2.45) is 0 Å². The highest BCUT2D eigenvalue weighted by atomic mass is 35.5. The van der Waals surface area contributed by atoms with Crippen LogP contribution in [0.2, 0.25) is 5.02 Å². The Hall–Kier alpha value is -5.42. The number of aromatic hydroxyl groups is 12. The Labute approximate surface area is 257 Å². The molecule has 0 amide bonds. The van der Waals surface area contributed by atoms with Gasteiger partial charge in [-0.3, -0.25) is 5.32 Å². The molecule has 4 rings (SSSR count). The first-order chi connectivity index (χ1) is 21.0. The molecule has 0 radical (unpaired) electrons. The highest BCUT2D eigenvalue weighted by Gasteiger charge is 2.67. The lowest BCUT2D eigenvalue weighted by Gasteiger charge is -2.56. The fraction of sp³-hybridized carbons (Fsp3) is 0.208. The summed E-state index contributed by atoms with van der Waals surface area (Å²) < 4.78 is 0. The third-order valence-corrected chi connectivity index (χ3v) is 7.54. The molecule has 46 heavy (non-hydrogen) atoms. The first-order valence-electron chi connectivity index (χ1n) is 12.0. The van der Waals surface area contributed by atoms with Gasteiger partial charge in [-0.25, -0.2) is 4.79 Å². The van der Waals surface area contributed by atoms with Gasteiger partial charge >= 0.3 is 5.97 Å². The van der Waals surface area contributed by atoms with Gasteiger partial charge in [-0.05, 0) is 0 Å². The molecule has 1 aliphatic rings. The highest BCUT2D eigenvalue weighted by molar-refractivity contribution is 6.34. The van der Waals surface area contributed by atoms with E-state index in [0.29, 0.717) is 0 Å². The van der Waals surface area contributed by atoms with Crippen molar-refractivity contribution in [1.82, 2.24) is 5.32 Å². The molecular formula is C24H23ClN2O19. The number of aromatic carboxylic acids is 1. The van der Waals surface area contributed by atoms with E-state index in [0.717, 1.165) is 0 Å².